The van der Waals surface area contributed by atoms with Crippen LogP contribution in [-0.2, 0) is 16.0 Å². The molecule has 0 atom stereocenters. The first-order valence-corrected chi connectivity index (χ1v) is 6.04. The molecule has 0 spiro atoms. The number of pyridine rings is 1. The Morgan fingerprint density at radius 2 is 2.06 bits per heavy atom. The number of carbonyl (C=O) groups excluding carboxylic acids is 1. The summed E-state index contributed by atoms with van der Waals surface area (Å²) < 4.78 is 4.68. The monoisotopic (exact) mass is 243 g/mol. The summed E-state index contributed by atoms with van der Waals surface area (Å²) in [7, 11) is 1.42. The van der Waals surface area contributed by atoms with Crippen LogP contribution in [0.5, 0.6) is 0 Å². The summed E-state index contributed by atoms with van der Waals surface area (Å²) in [6, 6.07) is 8.25. The van der Waals surface area contributed by atoms with Gasteiger partial charge < -0.3 is 4.74 Å². The van der Waals surface area contributed by atoms with E-state index in [9.17, 15) is 4.79 Å². The Bertz CT molecular complexity index is 590. The molecule has 2 aromatic rings. The van der Waals surface area contributed by atoms with Gasteiger partial charge in [-0.3, -0.25) is 9.78 Å². The molecule has 0 amide bonds. The van der Waals surface area contributed by atoms with E-state index in [2.05, 4.69) is 28.8 Å². The molecule has 0 aliphatic heterocycles. The number of fused-ring (bicyclic) bond motifs is 1. The highest BCUT2D eigenvalue weighted by Gasteiger charge is 2.07. The fourth-order valence-corrected chi connectivity index (χ4v) is 2.10. The van der Waals surface area contributed by atoms with E-state index >= 15 is 0 Å². The van der Waals surface area contributed by atoms with Crippen LogP contribution in [-0.4, -0.2) is 18.1 Å². The number of aromatic nitrogens is 1. The summed E-state index contributed by atoms with van der Waals surface area (Å²) in [5, 5.41) is 1.13. The number of carbonyl (C=O) groups is 1. The number of methoxy groups -OCH3 is 1. The van der Waals surface area contributed by atoms with Gasteiger partial charge in [0.1, 0.15) is 0 Å². The number of ether oxygens (including phenoxy) is 1. The van der Waals surface area contributed by atoms with Crippen LogP contribution in [0, 0.1) is 13.8 Å². The molecule has 3 heteroatoms. The minimum Gasteiger partial charge on any atom is -0.469 e. The van der Waals surface area contributed by atoms with Gasteiger partial charge in [-0.1, -0.05) is 11.6 Å². The molecule has 2 rings (SSSR count). The Balaban J connectivity index is 2.41. The maximum atomic E-state index is 11.2. The molecule has 0 aliphatic rings. The highest BCUT2D eigenvalue weighted by atomic mass is 16.5. The molecule has 0 unspecified atom stereocenters. The van der Waals surface area contributed by atoms with Crippen LogP contribution >= 0.6 is 0 Å². The van der Waals surface area contributed by atoms with Gasteiger partial charge in [0.2, 0.25) is 0 Å². The Labute approximate surface area is 107 Å². The number of benzene rings is 1. The quantitative estimate of drug-likeness (QED) is 0.778. The SMILES string of the molecule is COC(=O)CCc1cc(C)nc2ccc(C)cc12. The number of rotatable bonds is 3. The van der Waals surface area contributed by atoms with Crippen molar-refractivity contribution in [1.82, 2.24) is 4.98 Å². The van der Waals surface area contributed by atoms with Crippen LogP contribution in [0.3, 0.4) is 0 Å². The zero-order valence-corrected chi connectivity index (χ0v) is 11.0. The van der Waals surface area contributed by atoms with Crippen molar-refractivity contribution in [2.75, 3.05) is 7.11 Å². The third-order valence-electron chi connectivity index (χ3n) is 3.00. The van der Waals surface area contributed by atoms with Crippen LogP contribution in [0.4, 0.5) is 0 Å². The van der Waals surface area contributed by atoms with Gasteiger partial charge in [-0.15, -0.1) is 0 Å². The van der Waals surface area contributed by atoms with Crippen LogP contribution in [0.25, 0.3) is 10.9 Å². The number of hydrogen-bond donors (Lipinski definition) is 0. The maximum absolute atomic E-state index is 11.2. The van der Waals surface area contributed by atoms with E-state index in [1.165, 1.54) is 12.7 Å². The second-order valence-corrected chi connectivity index (χ2v) is 4.52. The molecular weight excluding hydrogens is 226 g/mol. The molecule has 18 heavy (non-hydrogen) atoms. The summed E-state index contributed by atoms with van der Waals surface area (Å²) in [6.45, 7) is 4.03. The highest BCUT2D eigenvalue weighted by molar-refractivity contribution is 5.83. The second-order valence-electron chi connectivity index (χ2n) is 4.52. The van der Waals surface area contributed by atoms with Gasteiger partial charge in [0.25, 0.3) is 0 Å². The summed E-state index contributed by atoms with van der Waals surface area (Å²) in [5.74, 6) is -0.176. The molecule has 0 aliphatic carbocycles. The standard InChI is InChI=1S/C15H17NO2/c1-10-4-6-14-13(8-10)12(9-11(2)16-14)5-7-15(17)18-3/h4,6,8-9H,5,7H2,1-3H3. The molecule has 0 N–H and O–H groups in total. The number of nitrogens with zero attached hydrogens (tertiary/aromatic N) is 1. The van der Waals surface area contributed by atoms with E-state index in [-0.39, 0.29) is 5.97 Å². The molecule has 94 valence electrons. The van der Waals surface area contributed by atoms with Crippen molar-refractivity contribution in [3.63, 3.8) is 0 Å². The first-order chi connectivity index (χ1) is 8.60. The summed E-state index contributed by atoms with van der Waals surface area (Å²) in [5.41, 5.74) is 4.32. The molecule has 3 nitrogen and oxygen atoms in total. The lowest BCUT2D eigenvalue weighted by Crippen LogP contribution is -2.03. The Kier molecular flexibility index (Phi) is 3.60. The molecule has 0 saturated heterocycles. The summed E-state index contributed by atoms with van der Waals surface area (Å²) in [4.78, 5) is 15.7. The van der Waals surface area contributed by atoms with Crippen molar-refractivity contribution in [3.8, 4) is 0 Å². The third kappa shape index (κ3) is 2.67. The molecule has 0 saturated carbocycles. The van der Waals surface area contributed by atoms with Crippen LogP contribution in [0.15, 0.2) is 24.3 Å². The highest BCUT2D eigenvalue weighted by Crippen LogP contribution is 2.21. The Hall–Kier alpha value is -1.90. The Morgan fingerprint density at radius 1 is 1.28 bits per heavy atom. The van der Waals surface area contributed by atoms with Gasteiger partial charge in [-0.25, -0.2) is 0 Å². The average molecular weight is 243 g/mol. The smallest absolute Gasteiger partial charge is 0.305 e. The molecule has 1 heterocycles. The average Bonchev–Trinajstić information content (AvgIpc) is 2.36. The summed E-state index contributed by atoms with van der Waals surface area (Å²) in [6.07, 6.45) is 1.10. The van der Waals surface area contributed by atoms with Crippen molar-refractivity contribution >= 4 is 16.9 Å². The predicted octanol–water partition coefficient (Wildman–Crippen LogP) is 2.96. The fourth-order valence-electron chi connectivity index (χ4n) is 2.10. The predicted molar refractivity (Wildman–Crippen MR) is 71.6 cm³/mol. The van der Waals surface area contributed by atoms with E-state index in [4.69, 9.17) is 0 Å². The number of esters is 1. The van der Waals surface area contributed by atoms with E-state index in [1.807, 2.05) is 19.1 Å². The molecule has 1 aromatic heterocycles. The molecule has 0 fully saturated rings. The van der Waals surface area contributed by atoms with Crippen LogP contribution in [0.1, 0.15) is 23.2 Å². The minimum absolute atomic E-state index is 0.176. The lowest BCUT2D eigenvalue weighted by Gasteiger charge is -2.08. The van der Waals surface area contributed by atoms with Crippen molar-refractivity contribution in [1.29, 1.82) is 0 Å². The molecule has 1 aromatic carbocycles. The van der Waals surface area contributed by atoms with E-state index < -0.39 is 0 Å². The van der Waals surface area contributed by atoms with Crippen molar-refractivity contribution in [2.45, 2.75) is 26.7 Å². The molecular formula is C15H17NO2. The maximum Gasteiger partial charge on any atom is 0.305 e. The number of aryl methyl sites for hydroxylation is 3. The van der Waals surface area contributed by atoms with Gasteiger partial charge in [0.05, 0.1) is 12.6 Å². The van der Waals surface area contributed by atoms with Crippen molar-refractivity contribution in [2.24, 2.45) is 0 Å². The largest absolute Gasteiger partial charge is 0.469 e. The fraction of sp³-hybridized carbons (Fsp3) is 0.333. The first kappa shape index (κ1) is 12.6. The molecule has 0 bridgehead atoms. The van der Waals surface area contributed by atoms with Crippen molar-refractivity contribution < 1.29 is 9.53 Å². The normalized spacial score (nSPS) is 10.6. The van der Waals surface area contributed by atoms with Crippen molar-refractivity contribution in [3.05, 3.63) is 41.1 Å². The minimum atomic E-state index is -0.176. The summed E-state index contributed by atoms with van der Waals surface area (Å²) >= 11 is 0. The van der Waals surface area contributed by atoms with Gasteiger partial charge in [-0.05, 0) is 44.0 Å². The molecule has 0 radical (unpaired) electrons. The van der Waals surface area contributed by atoms with Gasteiger partial charge in [-0.2, -0.15) is 0 Å². The van der Waals surface area contributed by atoms with E-state index in [0.29, 0.717) is 12.8 Å². The van der Waals surface area contributed by atoms with E-state index in [0.717, 1.165) is 22.2 Å². The lowest BCUT2D eigenvalue weighted by molar-refractivity contribution is -0.140. The zero-order chi connectivity index (χ0) is 13.1. The van der Waals surface area contributed by atoms with E-state index in [1.54, 1.807) is 0 Å². The second kappa shape index (κ2) is 5.17. The Morgan fingerprint density at radius 3 is 2.78 bits per heavy atom. The lowest BCUT2D eigenvalue weighted by atomic mass is 10.0. The van der Waals surface area contributed by atoms with Gasteiger partial charge >= 0.3 is 5.97 Å². The van der Waals surface area contributed by atoms with Gasteiger partial charge in [0.15, 0.2) is 0 Å². The third-order valence-corrected chi connectivity index (χ3v) is 3.00. The number of hydrogen-bond acceptors (Lipinski definition) is 3. The topological polar surface area (TPSA) is 39.2 Å². The zero-order valence-electron chi connectivity index (χ0n) is 11.0. The van der Waals surface area contributed by atoms with Crippen LogP contribution < -0.4 is 0 Å². The van der Waals surface area contributed by atoms with Gasteiger partial charge in [0, 0.05) is 17.5 Å². The van der Waals surface area contributed by atoms with Crippen LogP contribution in [0.2, 0.25) is 0 Å². The first-order valence-electron chi connectivity index (χ1n) is 6.04.